The molecule has 1 aliphatic carbocycles. The van der Waals surface area contributed by atoms with Gasteiger partial charge in [-0.25, -0.2) is 27.2 Å². The summed E-state index contributed by atoms with van der Waals surface area (Å²) < 4.78 is 96.0. The van der Waals surface area contributed by atoms with Crippen molar-refractivity contribution in [1.82, 2.24) is 19.8 Å². The number of sulfonamides is 1. The average molecular weight is 694 g/mol. The average Bonchev–Trinajstić information content (AvgIpc) is 2.99. The van der Waals surface area contributed by atoms with Crippen LogP contribution in [0.25, 0.3) is 0 Å². The van der Waals surface area contributed by atoms with E-state index >= 15 is 4.39 Å². The molecule has 0 unspecified atom stereocenters. The number of anilines is 3. The van der Waals surface area contributed by atoms with Crippen LogP contribution in [0.5, 0.6) is 0 Å². The number of carbonyl (C=O) groups excluding carboxylic acids is 1. The first kappa shape index (κ1) is 34.0. The molecule has 48 heavy (non-hydrogen) atoms. The minimum absolute atomic E-state index is 0.0571. The fourth-order valence-electron chi connectivity index (χ4n) is 6.86. The Bertz CT molecular complexity index is 1780. The number of fused-ring (bicyclic) bond motifs is 2. The summed E-state index contributed by atoms with van der Waals surface area (Å²) in [6, 6.07) is 8.97. The maximum atomic E-state index is 15.3. The lowest BCUT2D eigenvalue weighted by Gasteiger charge is -2.53. The maximum absolute atomic E-state index is 15.3. The van der Waals surface area contributed by atoms with Crippen molar-refractivity contribution in [2.24, 2.45) is 0 Å². The van der Waals surface area contributed by atoms with E-state index in [1.165, 1.54) is 29.2 Å². The number of amides is 1. The van der Waals surface area contributed by atoms with Crippen LogP contribution in [0.2, 0.25) is 0 Å². The Morgan fingerprint density at radius 2 is 1.71 bits per heavy atom. The Kier molecular flexibility index (Phi) is 9.10. The molecule has 1 aromatic heterocycles. The zero-order valence-corrected chi connectivity index (χ0v) is 27.2. The van der Waals surface area contributed by atoms with Gasteiger partial charge in [0, 0.05) is 42.6 Å². The van der Waals surface area contributed by atoms with Gasteiger partial charge >= 0.3 is 6.18 Å². The summed E-state index contributed by atoms with van der Waals surface area (Å²) in [4.78, 5) is 27.9. The van der Waals surface area contributed by atoms with E-state index in [1.54, 1.807) is 6.20 Å². The molecule has 3 heterocycles. The molecule has 258 valence electrons. The third-order valence-electron chi connectivity index (χ3n) is 9.25. The second-order valence-corrected chi connectivity index (χ2v) is 14.8. The lowest BCUT2D eigenvalue weighted by molar-refractivity contribution is -0.167. The first-order valence-electron chi connectivity index (χ1n) is 15.6. The first-order chi connectivity index (χ1) is 22.6. The quantitative estimate of drug-likeness (QED) is 0.312. The third-order valence-corrected chi connectivity index (χ3v) is 10.5. The Morgan fingerprint density at radius 3 is 2.33 bits per heavy atom. The number of carbonyl (C=O) groups is 1. The topological polar surface area (TPSA) is 111 Å². The molecule has 1 spiro atoms. The third kappa shape index (κ3) is 7.25. The van der Waals surface area contributed by atoms with E-state index < -0.39 is 51.5 Å². The molecule has 1 amide bonds. The van der Waals surface area contributed by atoms with Gasteiger partial charge in [0.15, 0.2) is 0 Å². The number of alkyl halides is 3. The summed E-state index contributed by atoms with van der Waals surface area (Å²) in [5.41, 5.74) is -0.509. The van der Waals surface area contributed by atoms with E-state index in [2.05, 4.69) is 19.9 Å². The largest absolute Gasteiger partial charge is 0.401 e. The van der Waals surface area contributed by atoms with Crippen LogP contribution in [-0.4, -0.2) is 86.1 Å². The predicted molar refractivity (Wildman–Crippen MR) is 170 cm³/mol. The Balaban J connectivity index is 1.23. The zero-order chi connectivity index (χ0) is 34.4. The van der Waals surface area contributed by atoms with Gasteiger partial charge in [0.25, 0.3) is 0 Å². The number of rotatable bonds is 9. The summed E-state index contributed by atoms with van der Waals surface area (Å²) in [6.07, 6.45) is 0.858. The molecule has 0 bridgehead atoms. The lowest BCUT2D eigenvalue weighted by atomic mass is 9.71. The van der Waals surface area contributed by atoms with Gasteiger partial charge < -0.3 is 15.1 Å². The van der Waals surface area contributed by atoms with Crippen molar-refractivity contribution in [1.29, 1.82) is 0 Å². The highest BCUT2D eigenvalue weighted by Gasteiger charge is 2.58. The van der Waals surface area contributed by atoms with E-state index in [0.29, 0.717) is 28.8 Å². The zero-order valence-electron chi connectivity index (χ0n) is 26.4. The monoisotopic (exact) mass is 693 g/mol. The standard InChI is InChI=1S/C32H36F5N7O3S/c1-42(2)24-9-7-23(8-10-24)39-30-38-14-21-15-44(29(45)31(28(21)40-30)17-43(18-31)19-32(35,36)37)25-11-12-27(26(34)13-25)41-48(46,47)16-20-3-5-22(33)6-4-20/h3-6,11-14,23-24,41H,7-10,15-19H2,1-2H3,(H,38,39,40). The van der Waals surface area contributed by atoms with Crippen LogP contribution in [0.3, 0.4) is 0 Å². The summed E-state index contributed by atoms with van der Waals surface area (Å²) in [5.74, 6) is -2.25. The summed E-state index contributed by atoms with van der Waals surface area (Å²) in [6.45, 7) is -1.71. The van der Waals surface area contributed by atoms with Gasteiger partial charge in [-0.2, -0.15) is 13.2 Å². The molecular weight excluding hydrogens is 657 g/mol. The predicted octanol–water partition coefficient (Wildman–Crippen LogP) is 4.64. The molecule has 2 aliphatic heterocycles. The molecule has 6 rings (SSSR count). The van der Waals surface area contributed by atoms with E-state index in [0.717, 1.165) is 48.8 Å². The highest BCUT2D eigenvalue weighted by atomic mass is 32.2. The van der Waals surface area contributed by atoms with Gasteiger partial charge in [-0.05, 0) is 75.7 Å². The summed E-state index contributed by atoms with van der Waals surface area (Å²) in [7, 11) is 0.0158. The van der Waals surface area contributed by atoms with Crippen molar-refractivity contribution in [3.63, 3.8) is 0 Å². The second-order valence-electron chi connectivity index (χ2n) is 13.1. The number of aromatic nitrogens is 2. The normalized spacial score (nSPS) is 21.2. The van der Waals surface area contributed by atoms with E-state index in [-0.39, 0.29) is 37.1 Å². The molecule has 1 saturated heterocycles. The molecule has 2 N–H and O–H groups in total. The maximum Gasteiger partial charge on any atom is 0.401 e. The van der Waals surface area contributed by atoms with Gasteiger partial charge in [0.1, 0.15) is 17.0 Å². The van der Waals surface area contributed by atoms with Gasteiger partial charge in [0.2, 0.25) is 21.9 Å². The Morgan fingerprint density at radius 1 is 1.02 bits per heavy atom. The molecule has 0 atom stereocenters. The minimum atomic E-state index is -4.46. The lowest BCUT2D eigenvalue weighted by Crippen LogP contribution is -2.70. The van der Waals surface area contributed by atoms with Crippen LogP contribution < -0.4 is 14.9 Å². The van der Waals surface area contributed by atoms with Crippen molar-refractivity contribution in [2.45, 2.75) is 61.7 Å². The van der Waals surface area contributed by atoms with E-state index in [4.69, 9.17) is 4.98 Å². The van der Waals surface area contributed by atoms with Crippen LogP contribution >= 0.6 is 0 Å². The van der Waals surface area contributed by atoms with Gasteiger partial charge in [-0.1, -0.05) is 12.1 Å². The second kappa shape index (κ2) is 12.9. The van der Waals surface area contributed by atoms with Crippen molar-refractivity contribution in [3.8, 4) is 0 Å². The van der Waals surface area contributed by atoms with Crippen LogP contribution in [0, 0.1) is 11.6 Å². The van der Waals surface area contributed by atoms with E-state index in [1.807, 2.05) is 14.1 Å². The fourth-order valence-corrected chi connectivity index (χ4v) is 8.07. The highest BCUT2D eigenvalue weighted by Crippen LogP contribution is 2.44. The number of likely N-dealkylation sites (tertiary alicyclic amines) is 1. The molecule has 2 fully saturated rings. The van der Waals surface area contributed by atoms with Crippen molar-refractivity contribution in [3.05, 3.63) is 77.1 Å². The number of hydrogen-bond acceptors (Lipinski definition) is 8. The van der Waals surface area contributed by atoms with Crippen molar-refractivity contribution < 1.29 is 35.2 Å². The molecular formula is C32H36F5N7O3S. The van der Waals surface area contributed by atoms with Crippen LogP contribution in [0.1, 0.15) is 42.5 Å². The summed E-state index contributed by atoms with van der Waals surface area (Å²) >= 11 is 0. The minimum Gasteiger partial charge on any atom is -0.351 e. The van der Waals surface area contributed by atoms with Crippen LogP contribution in [0.4, 0.5) is 39.3 Å². The fraction of sp³-hybridized carbons (Fsp3) is 0.469. The molecule has 16 heteroatoms. The number of hydrogen-bond donors (Lipinski definition) is 2. The van der Waals surface area contributed by atoms with Crippen molar-refractivity contribution >= 4 is 33.3 Å². The first-order valence-corrected chi connectivity index (χ1v) is 17.2. The molecule has 10 nitrogen and oxygen atoms in total. The number of halogens is 5. The molecule has 2 aromatic carbocycles. The van der Waals surface area contributed by atoms with E-state index in [9.17, 15) is 30.8 Å². The molecule has 3 aliphatic rings. The Hall–Kier alpha value is -3.89. The van der Waals surface area contributed by atoms with Crippen LogP contribution in [0.15, 0.2) is 48.7 Å². The van der Waals surface area contributed by atoms with Gasteiger partial charge in [-0.3, -0.25) is 14.4 Å². The molecule has 3 aromatic rings. The van der Waals surface area contributed by atoms with Crippen LogP contribution in [-0.2, 0) is 32.5 Å². The van der Waals surface area contributed by atoms with Gasteiger partial charge in [-0.15, -0.1) is 0 Å². The number of benzene rings is 2. The SMILES string of the molecule is CN(C)C1CCC(Nc2ncc3c(n2)C2(CN(CC(F)(F)F)C2)C(=O)N(c2ccc(NS(=O)(=O)Cc4ccc(F)cc4)c(F)c2)C3)CC1. The summed E-state index contributed by atoms with van der Waals surface area (Å²) in [5, 5.41) is 3.35. The molecule has 0 radical (unpaired) electrons. The number of nitrogens with one attached hydrogen (secondary N) is 2. The highest BCUT2D eigenvalue weighted by molar-refractivity contribution is 7.91. The Labute approximate surface area is 275 Å². The number of nitrogens with zero attached hydrogens (tertiary/aromatic N) is 5. The smallest absolute Gasteiger partial charge is 0.351 e. The molecule has 1 saturated carbocycles. The van der Waals surface area contributed by atoms with Crippen molar-refractivity contribution in [2.75, 3.05) is 48.7 Å². The van der Waals surface area contributed by atoms with Gasteiger partial charge in [0.05, 0.1) is 30.2 Å².